The van der Waals surface area contributed by atoms with E-state index >= 15 is 0 Å². The van der Waals surface area contributed by atoms with E-state index in [-0.39, 0.29) is 11.5 Å². The lowest BCUT2D eigenvalue weighted by Crippen LogP contribution is -2.39. The van der Waals surface area contributed by atoms with Crippen LogP contribution in [0.3, 0.4) is 0 Å². The number of aromatic nitrogens is 2. The van der Waals surface area contributed by atoms with Crippen molar-refractivity contribution in [1.29, 1.82) is 0 Å². The van der Waals surface area contributed by atoms with Crippen LogP contribution in [0.25, 0.3) is 10.9 Å². The van der Waals surface area contributed by atoms with Crippen molar-refractivity contribution >= 4 is 22.4 Å². The number of nitrogens with one attached hydrogen (secondary N) is 1. The molecule has 26 heavy (non-hydrogen) atoms. The van der Waals surface area contributed by atoms with Gasteiger partial charge >= 0.3 is 0 Å². The Morgan fingerprint density at radius 3 is 2.69 bits per heavy atom. The number of hydrogen-bond donors (Lipinski definition) is 1. The zero-order valence-electron chi connectivity index (χ0n) is 15.7. The van der Waals surface area contributed by atoms with Crippen molar-refractivity contribution in [1.82, 2.24) is 14.5 Å². The van der Waals surface area contributed by atoms with E-state index in [0.717, 1.165) is 50.2 Å². The highest BCUT2D eigenvalue weighted by molar-refractivity contribution is 5.90. The summed E-state index contributed by atoms with van der Waals surface area (Å²) < 4.78 is 1.70. The van der Waals surface area contributed by atoms with Gasteiger partial charge in [0.25, 0.3) is 5.56 Å². The molecule has 140 valence electrons. The molecule has 0 unspecified atom stereocenters. The van der Waals surface area contributed by atoms with Crippen LogP contribution < -0.4 is 10.9 Å². The Bertz CT molecular complexity index is 822. The maximum Gasteiger partial charge on any atom is 0.263 e. The molecule has 0 radical (unpaired) electrons. The largest absolute Gasteiger partial charge is 0.385 e. The number of benzene rings is 1. The summed E-state index contributed by atoms with van der Waals surface area (Å²) in [4.78, 5) is 31.5. The van der Waals surface area contributed by atoms with Gasteiger partial charge in [0, 0.05) is 37.7 Å². The fourth-order valence-corrected chi connectivity index (χ4v) is 3.71. The number of carbonyl (C=O) groups excluding carboxylic acids is 1. The average molecular weight is 356 g/mol. The number of ketones is 1. The summed E-state index contributed by atoms with van der Waals surface area (Å²) in [7, 11) is 0. The number of nitrogens with zero attached hydrogens (tertiary/aromatic N) is 3. The molecule has 0 atom stereocenters. The van der Waals surface area contributed by atoms with Gasteiger partial charge in [0.1, 0.15) is 5.78 Å². The van der Waals surface area contributed by atoms with Crippen molar-refractivity contribution in [3.05, 3.63) is 34.9 Å². The van der Waals surface area contributed by atoms with Crippen LogP contribution in [0.5, 0.6) is 0 Å². The molecule has 3 rings (SSSR count). The van der Waals surface area contributed by atoms with Crippen LogP contribution in [-0.2, 0) is 11.3 Å². The maximum atomic E-state index is 12.9. The van der Waals surface area contributed by atoms with Crippen LogP contribution in [0.15, 0.2) is 29.3 Å². The van der Waals surface area contributed by atoms with Crippen molar-refractivity contribution in [3.63, 3.8) is 0 Å². The molecule has 6 heteroatoms. The van der Waals surface area contributed by atoms with Gasteiger partial charge in [0.2, 0.25) is 0 Å². The van der Waals surface area contributed by atoms with Crippen molar-refractivity contribution in [3.8, 4) is 0 Å². The molecule has 2 aromatic rings. The zero-order valence-corrected chi connectivity index (χ0v) is 15.7. The van der Waals surface area contributed by atoms with Gasteiger partial charge in [-0.05, 0) is 45.0 Å². The van der Waals surface area contributed by atoms with Crippen LogP contribution >= 0.6 is 0 Å². The molecule has 1 aliphatic heterocycles. The SMILES string of the molecule is CCNc1cccc2ncn(CCN3CCC(C(=O)CC)CC3)c(=O)c12. The summed E-state index contributed by atoms with van der Waals surface area (Å²) in [5.74, 6) is 0.611. The van der Waals surface area contributed by atoms with E-state index in [2.05, 4.69) is 15.2 Å². The first kappa shape index (κ1) is 18.6. The Morgan fingerprint density at radius 1 is 1.23 bits per heavy atom. The molecule has 0 aliphatic carbocycles. The molecule has 1 aromatic carbocycles. The van der Waals surface area contributed by atoms with Gasteiger partial charge in [-0.25, -0.2) is 4.98 Å². The minimum atomic E-state index is 0.00240. The van der Waals surface area contributed by atoms with Gasteiger partial charge in [-0.1, -0.05) is 13.0 Å². The minimum absolute atomic E-state index is 0.00240. The van der Waals surface area contributed by atoms with Gasteiger partial charge in [0.15, 0.2) is 0 Å². The van der Waals surface area contributed by atoms with Gasteiger partial charge < -0.3 is 10.2 Å². The quantitative estimate of drug-likeness (QED) is 0.826. The molecule has 1 N–H and O–H groups in total. The zero-order chi connectivity index (χ0) is 18.5. The average Bonchev–Trinajstić information content (AvgIpc) is 2.67. The number of hydrogen-bond acceptors (Lipinski definition) is 5. The van der Waals surface area contributed by atoms with Gasteiger partial charge in [-0.3, -0.25) is 14.2 Å². The summed E-state index contributed by atoms with van der Waals surface area (Å²) in [6.45, 7) is 8.00. The van der Waals surface area contributed by atoms with Crippen molar-refractivity contribution in [2.24, 2.45) is 5.92 Å². The third-order valence-electron chi connectivity index (χ3n) is 5.27. The van der Waals surface area contributed by atoms with Crippen LogP contribution in [0.1, 0.15) is 33.1 Å². The lowest BCUT2D eigenvalue weighted by atomic mass is 9.91. The second kappa shape index (κ2) is 8.45. The summed E-state index contributed by atoms with van der Waals surface area (Å²) in [5, 5.41) is 3.91. The standard InChI is InChI=1S/C20H28N4O2/c1-3-18(25)15-8-10-23(11-9-15)12-13-24-14-22-17-7-5-6-16(21-4-2)19(17)20(24)26/h5-7,14-15,21H,3-4,8-13H2,1-2H3. The Balaban J connectivity index is 1.68. The summed E-state index contributed by atoms with van der Waals surface area (Å²) >= 11 is 0. The lowest BCUT2D eigenvalue weighted by Gasteiger charge is -2.31. The fourth-order valence-electron chi connectivity index (χ4n) is 3.71. The first-order chi connectivity index (χ1) is 12.6. The maximum absolute atomic E-state index is 12.9. The number of fused-ring (bicyclic) bond motifs is 1. The molecule has 1 fully saturated rings. The topological polar surface area (TPSA) is 67.2 Å². The molecule has 2 heterocycles. The van der Waals surface area contributed by atoms with Crippen LogP contribution in [0, 0.1) is 5.92 Å². The van der Waals surface area contributed by atoms with Crippen molar-refractivity contribution in [2.45, 2.75) is 39.7 Å². The number of carbonyl (C=O) groups is 1. The van der Waals surface area contributed by atoms with E-state index in [1.165, 1.54) is 0 Å². The van der Waals surface area contributed by atoms with E-state index in [0.29, 0.717) is 24.1 Å². The second-order valence-corrected chi connectivity index (χ2v) is 6.91. The second-order valence-electron chi connectivity index (χ2n) is 6.91. The monoisotopic (exact) mass is 356 g/mol. The van der Waals surface area contributed by atoms with Crippen LogP contribution in [-0.4, -0.2) is 46.4 Å². The van der Waals surface area contributed by atoms with Crippen molar-refractivity contribution < 1.29 is 4.79 Å². The third kappa shape index (κ3) is 3.96. The summed E-state index contributed by atoms with van der Waals surface area (Å²) in [6, 6.07) is 5.71. The number of likely N-dealkylation sites (tertiary alicyclic amines) is 1. The van der Waals surface area contributed by atoms with E-state index in [9.17, 15) is 9.59 Å². The molecular weight excluding hydrogens is 328 g/mol. The van der Waals surface area contributed by atoms with E-state index in [1.54, 1.807) is 10.9 Å². The Morgan fingerprint density at radius 2 is 2.00 bits per heavy atom. The van der Waals surface area contributed by atoms with Gasteiger partial charge in [-0.2, -0.15) is 0 Å². The number of Topliss-reactive ketones (excluding diaryl/α,β-unsaturated/α-hetero) is 1. The number of anilines is 1. The summed E-state index contributed by atoms with van der Waals surface area (Å²) in [6.07, 6.45) is 4.15. The van der Waals surface area contributed by atoms with Crippen LogP contribution in [0.2, 0.25) is 0 Å². The molecule has 0 spiro atoms. The predicted octanol–water partition coefficient (Wildman–Crippen LogP) is 2.52. The normalized spacial score (nSPS) is 16.1. The number of rotatable bonds is 7. The predicted molar refractivity (Wildman–Crippen MR) is 105 cm³/mol. The Hall–Kier alpha value is -2.21. The molecule has 0 amide bonds. The molecular formula is C20H28N4O2. The third-order valence-corrected chi connectivity index (χ3v) is 5.27. The first-order valence-electron chi connectivity index (χ1n) is 9.61. The molecule has 0 saturated carbocycles. The molecule has 1 aromatic heterocycles. The van der Waals surface area contributed by atoms with Gasteiger partial charge in [0.05, 0.1) is 17.2 Å². The highest BCUT2D eigenvalue weighted by Crippen LogP contribution is 2.20. The Labute approximate surface area is 154 Å². The van der Waals surface area contributed by atoms with Crippen LogP contribution in [0.4, 0.5) is 5.69 Å². The summed E-state index contributed by atoms with van der Waals surface area (Å²) in [5.41, 5.74) is 1.57. The Kier molecular flexibility index (Phi) is 6.04. The number of piperidine rings is 1. The lowest BCUT2D eigenvalue weighted by molar-refractivity contribution is -0.123. The highest BCUT2D eigenvalue weighted by Gasteiger charge is 2.23. The molecule has 1 aliphatic rings. The van der Waals surface area contributed by atoms with E-state index in [1.807, 2.05) is 32.0 Å². The van der Waals surface area contributed by atoms with E-state index in [4.69, 9.17) is 0 Å². The first-order valence-corrected chi connectivity index (χ1v) is 9.61. The van der Waals surface area contributed by atoms with Gasteiger partial charge in [-0.15, -0.1) is 0 Å². The smallest absolute Gasteiger partial charge is 0.263 e. The molecule has 6 nitrogen and oxygen atoms in total. The molecule has 1 saturated heterocycles. The highest BCUT2D eigenvalue weighted by atomic mass is 16.1. The van der Waals surface area contributed by atoms with E-state index < -0.39 is 0 Å². The van der Waals surface area contributed by atoms with Crippen molar-refractivity contribution in [2.75, 3.05) is 31.5 Å². The fraction of sp³-hybridized carbons (Fsp3) is 0.550. The molecule has 0 bridgehead atoms. The minimum Gasteiger partial charge on any atom is -0.385 e.